The van der Waals surface area contributed by atoms with E-state index in [2.05, 4.69) is 20.9 Å². The van der Waals surface area contributed by atoms with Gasteiger partial charge in [0.05, 0.1) is 0 Å². The molecule has 6 N–H and O–H groups in total. The van der Waals surface area contributed by atoms with Gasteiger partial charge in [-0.2, -0.15) is 0 Å². The van der Waals surface area contributed by atoms with Crippen LogP contribution in [0.1, 0.15) is 22.3 Å². The van der Waals surface area contributed by atoms with Crippen LogP contribution < -0.4 is 21.7 Å². The number of oxazole rings is 1. The number of nitrogens with zero attached hydrogens (tertiary/aromatic N) is 1. The van der Waals surface area contributed by atoms with E-state index in [4.69, 9.17) is 10.2 Å². The summed E-state index contributed by atoms with van der Waals surface area (Å²) < 4.78 is 33.5. The third kappa shape index (κ3) is 4.79. The Kier molecular flexibility index (Phi) is 6.72. The molecule has 0 aliphatic heterocycles. The first-order valence-corrected chi connectivity index (χ1v) is 9.08. The molecule has 1 atom stereocenters. The second-order valence-electron chi connectivity index (χ2n) is 6.36. The van der Waals surface area contributed by atoms with Crippen LogP contribution in [0.2, 0.25) is 0 Å². The molecule has 8 nitrogen and oxygen atoms in total. The zero-order valence-corrected chi connectivity index (χ0v) is 16.1. The van der Waals surface area contributed by atoms with Gasteiger partial charge in [0, 0.05) is 18.8 Å². The number of carbonyl (C=O) groups excluding carboxylic acids is 1. The van der Waals surface area contributed by atoms with Crippen LogP contribution >= 0.6 is 0 Å². The zero-order chi connectivity index (χ0) is 21.7. The molecule has 3 aromatic rings. The average Bonchev–Trinajstić information content (AvgIpc) is 3.12. The lowest BCUT2D eigenvalue weighted by Crippen LogP contribution is -2.28. The van der Waals surface area contributed by atoms with E-state index in [0.29, 0.717) is 24.3 Å². The lowest BCUT2D eigenvalue weighted by atomic mass is 10.2. The number of anilines is 2. The number of aliphatic hydroxyl groups is 1. The molecule has 0 saturated carbocycles. The van der Waals surface area contributed by atoms with Crippen LogP contribution in [0, 0.1) is 11.6 Å². The van der Waals surface area contributed by atoms with Crippen LogP contribution in [0.3, 0.4) is 0 Å². The van der Waals surface area contributed by atoms with E-state index < -0.39 is 35.2 Å². The van der Waals surface area contributed by atoms with Crippen molar-refractivity contribution in [3.63, 3.8) is 0 Å². The number of amides is 1. The first kappa shape index (κ1) is 21.4. The summed E-state index contributed by atoms with van der Waals surface area (Å²) in [5, 5.41) is 18.8. The SMILES string of the molecule is CNCCNC(O)c1ccc(Nc2oc(-c3c(F)cccc3F)nc2C(N)=O)cc1. The van der Waals surface area contributed by atoms with Gasteiger partial charge in [-0.15, -0.1) is 0 Å². The minimum Gasteiger partial charge on any atom is -0.419 e. The van der Waals surface area contributed by atoms with Crippen molar-refractivity contribution >= 4 is 17.5 Å². The summed E-state index contributed by atoms with van der Waals surface area (Å²) in [5.41, 5.74) is 5.63. The van der Waals surface area contributed by atoms with Gasteiger partial charge >= 0.3 is 0 Å². The normalized spacial score (nSPS) is 12.0. The van der Waals surface area contributed by atoms with Crippen molar-refractivity contribution in [3.8, 4) is 11.5 Å². The number of benzene rings is 2. The number of aromatic nitrogens is 1. The Hall–Kier alpha value is -3.34. The first-order chi connectivity index (χ1) is 14.4. The fraction of sp³-hybridized carbons (Fsp3) is 0.200. The zero-order valence-electron chi connectivity index (χ0n) is 16.1. The molecular weight excluding hydrogens is 396 g/mol. The van der Waals surface area contributed by atoms with Crippen LogP contribution in [-0.2, 0) is 0 Å². The second-order valence-corrected chi connectivity index (χ2v) is 6.36. The van der Waals surface area contributed by atoms with Gasteiger partial charge in [0.15, 0.2) is 5.69 Å². The van der Waals surface area contributed by atoms with Crippen LogP contribution in [0.15, 0.2) is 46.9 Å². The van der Waals surface area contributed by atoms with Crippen molar-refractivity contribution in [2.24, 2.45) is 5.73 Å². The molecule has 10 heteroatoms. The highest BCUT2D eigenvalue weighted by Crippen LogP contribution is 2.31. The number of likely N-dealkylation sites (N-methyl/N-ethyl adjacent to an activating group) is 1. The van der Waals surface area contributed by atoms with Crippen molar-refractivity contribution in [2.75, 3.05) is 25.5 Å². The Bertz CT molecular complexity index is 1000. The first-order valence-electron chi connectivity index (χ1n) is 9.08. The predicted molar refractivity (Wildman–Crippen MR) is 107 cm³/mol. The van der Waals surface area contributed by atoms with E-state index in [0.717, 1.165) is 12.1 Å². The fourth-order valence-electron chi connectivity index (χ4n) is 2.71. The highest BCUT2D eigenvalue weighted by Gasteiger charge is 2.23. The summed E-state index contributed by atoms with van der Waals surface area (Å²) >= 11 is 0. The van der Waals surface area contributed by atoms with Gasteiger partial charge in [-0.25, -0.2) is 13.8 Å². The van der Waals surface area contributed by atoms with Gasteiger partial charge in [-0.3, -0.25) is 10.1 Å². The van der Waals surface area contributed by atoms with E-state index in [-0.39, 0.29) is 11.6 Å². The summed E-state index contributed by atoms with van der Waals surface area (Å²) in [4.78, 5) is 15.6. The molecule has 158 valence electrons. The smallest absolute Gasteiger partial charge is 0.273 e. The van der Waals surface area contributed by atoms with E-state index in [9.17, 15) is 18.7 Å². The number of primary amides is 1. The maximum Gasteiger partial charge on any atom is 0.273 e. The monoisotopic (exact) mass is 417 g/mol. The van der Waals surface area contributed by atoms with E-state index >= 15 is 0 Å². The Labute approximate surface area is 171 Å². The van der Waals surface area contributed by atoms with E-state index in [1.165, 1.54) is 6.07 Å². The van der Waals surface area contributed by atoms with Crippen LogP contribution in [0.5, 0.6) is 0 Å². The topological polar surface area (TPSA) is 125 Å². The predicted octanol–water partition coefficient (Wildman–Crippen LogP) is 2.26. The molecule has 1 unspecified atom stereocenters. The maximum atomic E-state index is 14.0. The van der Waals surface area contributed by atoms with Crippen molar-refractivity contribution in [1.82, 2.24) is 15.6 Å². The number of carbonyl (C=O) groups is 1. The summed E-state index contributed by atoms with van der Waals surface area (Å²) in [6, 6.07) is 9.90. The highest BCUT2D eigenvalue weighted by atomic mass is 19.1. The summed E-state index contributed by atoms with van der Waals surface area (Å²) in [5.74, 6) is -3.26. The van der Waals surface area contributed by atoms with Gasteiger partial charge in [0.1, 0.15) is 23.4 Å². The molecule has 1 amide bonds. The molecule has 2 aromatic carbocycles. The summed E-state index contributed by atoms with van der Waals surface area (Å²) in [6.45, 7) is 1.27. The standard InChI is InChI=1S/C20H21F2N5O3/c1-24-9-10-25-18(29)11-5-7-12(8-6-11)26-20-16(17(23)28)27-19(30-20)15-13(21)3-2-4-14(15)22/h2-8,18,24-26,29H,9-10H2,1H3,(H2,23,28). The van der Waals surface area contributed by atoms with Crippen molar-refractivity contribution in [2.45, 2.75) is 6.23 Å². The van der Waals surface area contributed by atoms with Crippen LogP contribution in [0.25, 0.3) is 11.5 Å². The number of nitrogens with one attached hydrogen (secondary N) is 3. The number of hydrogen-bond acceptors (Lipinski definition) is 7. The van der Waals surface area contributed by atoms with Crippen molar-refractivity contribution < 1.29 is 23.1 Å². The van der Waals surface area contributed by atoms with Crippen molar-refractivity contribution in [1.29, 1.82) is 0 Å². The molecule has 0 saturated heterocycles. The summed E-state index contributed by atoms with van der Waals surface area (Å²) in [7, 11) is 1.81. The third-order valence-corrected chi connectivity index (χ3v) is 4.23. The molecule has 0 fully saturated rings. The van der Waals surface area contributed by atoms with Crippen LogP contribution in [-0.4, -0.2) is 36.1 Å². The minimum absolute atomic E-state index is 0.152. The number of hydrogen-bond donors (Lipinski definition) is 5. The molecule has 0 spiro atoms. The van der Waals surface area contributed by atoms with Gasteiger partial charge in [0.25, 0.3) is 5.91 Å². The van der Waals surface area contributed by atoms with Gasteiger partial charge < -0.3 is 25.9 Å². The number of aliphatic hydroxyl groups excluding tert-OH is 1. The molecule has 0 aliphatic carbocycles. The fourth-order valence-corrected chi connectivity index (χ4v) is 2.71. The van der Waals surface area contributed by atoms with Gasteiger partial charge in [0.2, 0.25) is 11.8 Å². The highest BCUT2D eigenvalue weighted by molar-refractivity contribution is 5.96. The quantitative estimate of drug-likeness (QED) is 0.267. The molecule has 30 heavy (non-hydrogen) atoms. The molecule has 0 bridgehead atoms. The number of nitrogens with two attached hydrogens (primary N) is 1. The Morgan fingerprint density at radius 3 is 2.43 bits per heavy atom. The van der Waals surface area contributed by atoms with E-state index in [1.54, 1.807) is 24.3 Å². The van der Waals surface area contributed by atoms with Gasteiger partial charge in [-0.05, 0) is 36.9 Å². The van der Waals surface area contributed by atoms with Crippen LogP contribution in [0.4, 0.5) is 20.4 Å². The Morgan fingerprint density at radius 2 is 1.83 bits per heavy atom. The third-order valence-electron chi connectivity index (χ3n) is 4.23. The molecule has 0 radical (unpaired) electrons. The largest absolute Gasteiger partial charge is 0.419 e. The molecule has 1 heterocycles. The molecular formula is C20H21F2N5O3. The molecule has 3 rings (SSSR count). The summed E-state index contributed by atoms with van der Waals surface area (Å²) in [6.07, 6.45) is -0.852. The number of rotatable bonds is 9. The number of halogens is 2. The lowest BCUT2D eigenvalue weighted by molar-refractivity contribution is 0.0996. The second kappa shape index (κ2) is 9.44. The molecule has 1 aromatic heterocycles. The van der Waals surface area contributed by atoms with E-state index in [1.807, 2.05) is 7.05 Å². The molecule has 0 aliphatic rings. The average molecular weight is 417 g/mol. The minimum atomic E-state index is -0.926. The van der Waals surface area contributed by atoms with Crippen molar-refractivity contribution in [3.05, 3.63) is 65.4 Å². The lowest BCUT2D eigenvalue weighted by Gasteiger charge is -2.13. The van der Waals surface area contributed by atoms with Gasteiger partial charge in [-0.1, -0.05) is 18.2 Å². The Balaban J connectivity index is 1.83. The Morgan fingerprint density at radius 1 is 1.17 bits per heavy atom. The maximum absolute atomic E-state index is 14.0.